The molecule has 6 nitrogen and oxygen atoms in total. The maximum Gasteiger partial charge on any atom is 0.279 e. The quantitative estimate of drug-likeness (QED) is 0.710. The zero-order valence-corrected chi connectivity index (χ0v) is 13.0. The number of carbonyl (C=O) groups excluding carboxylic acids is 2. The molecule has 4 N–H and O–H groups in total. The van der Waals surface area contributed by atoms with Gasteiger partial charge in [0.15, 0.2) is 0 Å². The number of nitrogens with one attached hydrogen (secondary N) is 2. The molecule has 1 aliphatic rings. The minimum atomic E-state index is -0.287. The average Bonchev–Trinajstić information content (AvgIpc) is 3.01. The molecule has 1 aliphatic heterocycles. The Morgan fingerprint density at radius 1 is 1.43 bits per heavy atom. The first-order valence-corrected chi connectivity index (χ1v) is 8.05. The van der Waals surface area contributed by atoms with Crippen LogP contribution < -0.4 is 16.6 Å². The Balaban J connectivity index is 1.77. The number of amides is 2. The van der Waals surface area contributed by atoms with E-state index in [9.17, 15) is 9.59 Å². The zero-order chi connectivity index (χ0) is 15.2. The van der Waals surface area contributed by atoms with Crippen LogP contribution in [0.2, 0.25) is 0 Å². The van der Waals surface area contributed by atoms with Crippen LogP contribution in [0.15, 0.2) is 17.5 Å². The Hall–Kier alpha value is -1.44. The lowest BCUT2D eigenvalue weighted by atomic mass is 9.93. The minimum Gasteiger partial charge on any atom is -0.330 e. The molecule has 2 atom stereocenters. The van der Waals surface area contributed by atoms with Crippen LogP contribution in [0.1, 0.15) is 29.4 Å². The van der Waals surface area contributed by atoms with Crippen LogP contribution in [0.3, 0.4) is 0 Å². The number of hydrogen-bond acceptors (Lipinski definition) is 5. The summed E-state index contributed by atoms with van der Waals surface area (Å²) in [5, 5.41) is 1.82. The van der Waals surface area contributed by atoms with Crippen LogP contribution in [0.4, 0.5) is 0 Å². The van der Waals surface area contributed by atoms with Gasteiger partial charge in [0.25, 0.3) is 11.8 Å². The summed E-state index contributed by atoms with van der Waals surface area (Å²) in [5.74, 6) is -0.0379. The first kappa shape index (κ1) is 15.9. The summed E-state index contributed by atoms with van der Waals surface area (Å²) in [6.07, 6.45) is 2.17. The maximum atomic E-state index is 11.9. The van der Waals surface area contributed by atoms with Gasteiger partial charge in [0.05, 0.1) is 11.4 Å². The third-order valence-electron chi connectivity index (χ3n) is 3.85. The van der Waals surface area contributed by atoms with Crippen LogP contribution in [0.5, 0.6) is 0 Å². The number of nitrogens with zero attached hydrogens (tertiary/aromatic N) is 1. The summed E-state index contributed by atoms with van der Waals surface area (Å²) in [6, 6.07) is 3.88. The monoisotopic (exact) mass is 310 g/mol. The summed E-state index contributed by atoms with van der Waals surface area (Å²) in [6.45, 7) is 3.89. The lowest BCUT2D eigenvalue weighted by Crippen LogP contribution is -2.51. The molecular formula is C14H22N4O2S. The highest BCUT2D eigenvalue weighted by Crippen LogP contribution is 2.20. The Labute approximate surface area is 128 Å². The topological polar surface area (TPSA) is 87.5 Å². The molecule has 0 bridgehead atoms. The highest BCUT2D eigenvalue weighted by Gasteiger charge is 2.26. The number of likely N-dealkylation sites (tertiary alicyclic amines) is 1. The highest BCUT2D eigenvalue weighted by atomic mass is 32.1. The Morgan fingerprint density at radius 3 is 2.90 bits per heavy atom. The molecule has 2 unspecified atom stereocenters. The summed E-state index contributed by atoms with van der Waals surface area (Å²) < 4.78 is 0. The Kier molecular flexibility index (Phi) is 5.72. The number of hydrogen-bond donors (Lipinski definition) is 3. The summed E-state index contributed by atoms with van der Waals surface area (Å²) in [4.78, 5) is 26.3. The standard InChI is InChI=1S/C14H22N4O2S/c1-10-4-5-11(7-15)8-18(10)9-13(19)16-17-14(20)12-3-2-6-21-12/h2-3,6,10-11H,4-5,7-9,15H2,1H3,(H,16,19)(H,17,20). The summed E-state index contributed by atoms with van der Waals surface area (Å²) in [7, 11) is 0. The molecule has 7 heteroatoms. The molecule has 0 radical (unpaired) electrons. The van der Waals surface area contributed by atoms with Crippen molar-refractivity contribution in [3.8, 4) is 0 Å². The van der Waals surface area contributed by atoms with E-state index < -0.39 is 0 Å². The first-order chi connectivity index (χ1) is 10.1. The van der Waals surface area contributed by atoms with Crippen molar-refractivity contribution in [2.24, 2.45) is 11.7 Å². The predicted octanol–water partition coefficient (Wildman–Crippen LogP) is 0.568. The molecule has 0 saturated carbocycles. The molecule has 1 aromatic rings. The molecule has 1 fully saturated rings. The van der Waals surface area contributed by atoms with E-state index in [1.54, 1.807) is 12.1 Å². The highest BCUT2D eigenvalue weighted by molar-refractivity contribution is 7.12. The largest absolute Gasteiger partial charge is 0.330 e. The van der Waals surface area contributed by atoms with Crippen molar-refractivity contribution in [2.45, 2.75) is 25.8 Å². The smallest absolute Gasteiger partial charge is 0.279 e. The number of piperidine rings is 1. The lowest BCUT2D eigenvalue weighted by molar-refractivity contribution is -0.124. The van der Waals surface area contributed by atoms with E-state index in [2.05, 4.69) is 22.7 Å². The van der Waals surface area contributed by atoms with E-state index in [0.29, 0.717) is 23.4 Å². The predicted molar refractivity (Wildman–Crippen MR) is 82.7 cm³/mol. The number of hydrazine groups is 1. The van der Waals surface area contributed by atoms with E-state index in [1.807, 2.05) is 5.38 Å². The van der Waals surface area contributed by atoms with Gasteiger partial charge in [-0.1, -0.05) is 6.07 Å². The van der Waals surface area contributed by atoms with Crippen molar-refractivity contribution in [1.29, 1.82) is 0 Å². The molecule has 1 saturated heterocycles. The van der Waals surface area contributed by atoms with Gasteiger partial charge in [-0.2, -0.15) is 0 Å². The molecule has 0 spiro atoms. The Morgan fingerprint density at radius 2 is 2.24 bits per heavy atom. The number of thiophene rings is 1. The molecule has 2 amide bonds. The fourth-order valence-corrected chi connectivity index (χ4v) is 3.11. The summed E-state index contributed by atoms with van der Waals surface area (Å²) in [5.41, 5.74) is 10.6. The van der Waals surface area contributed by atoms with Crippen molar-refractivity contribution < 1.29 is 9.59 Å². The van der Waals surface area contributed by atoms with Crippen molar-refractivity contribution in [3.05, 3.63) is 22.4 Å². The second-order valence-corrected chi connectivity index (χ2v) is 6.38. The molecule has 0 aliphatic carbocycles. The number of nitrogens with two attached hydrogens (primary N) is 1. The molecule has 1 aromatic heterocycles. The van der Waals surface area contributed by atoms with Crippen molar-refractivity contribution in [2.75, 3.05) is 19.6 Å². The van der Waals surface area contributed by atoms with Crippen LogP contribution in [0.25, 0.3) is 0 Å². The minimum absolute atomic E-state index is 0.204. The average molecular weight is 310 g/mol. The van der Waals surface area contributed by atoms with Gasteiger partial charge in [0, 0.05) is 12.6 Å². The van der Waals surface area contributed by atoms with Crippen LogP contribution >= 0.6 is 11.3 Å². The van der Waals surface area contributed by atoms with Crippen molar-refractivity contribution in [3.63, 3.8) is 0 Å². The van der Waals surface area contributed by atoms with Gasteiger partial charge in [-0.05, 0) is 43.7 Å². The zero-order valence-electron chi connectivity index (χ0n) is 12.2. The van der Waals surface area contributed by atoms with Crippen molar-refractivity contribution >= 4 is 23.2 Å². The third-order valence-corrected chi connectivity index (χ3v) is 4.72. The number of rotatable bonds is 4. The van der Waals surface area contributed by atoms with E-state index >= 15 is 0 Å². The van der Waals surface area contributed by atoms with E-state index in [-0.39, 0.29) is 18.4 Å². The van der Waals surface area contributed by atoms with Crippen LogP contribution in [0, 0.1) is 5.92 Å². The van der Waals surface area contributed by atoms with E-state index in [1.165, 1.54) is 11.3 Å². The third kappa shape index (κ3) is 4.52. The molecule has 21 heavy (non-hydrogen) atoms. The second-order valence-electron chi connectivity index (χ2n) is 5.44. The fraction of sp³-hybridized carbons (Fsp3) is 0.571. The molecule has 2 heterocycles. The maximum absolute atomic E-state index is 11.9. The molecule has 0 aromatic carbocycles. The SMILES string of the molecule is CC1CCC(CN)CN1CC(=O)NNC(=O)c1cccs1. The Bertz CT molecular complexity index is 477. The fourth-order valence-electron chi connectivity index (χ4n) is 2.49. The first-order valence-electron chi connectivity index (χ1n) is 7.17. The second kappa shape index (κ2) is 7.53. The van der Waals surface area contributed by atoms with Gasteiger partial charge in [-0.25, -0.2) is 0 Å². The van der Waals surface area contributed by atoms with Gasteiger partial charge in [-0.15, -0.1) is 11.3 Å². The van der Waals surface area contributed by atoms with Crippen LogP contribution in [-0.4, -0.2) is 42.4 Å². The van der Waals surface area contributed by atoms with Gasteiger partial charge in [0.1, 0.15) is 0 Å². The van der Waals surface area contributed by atoms with Crippen molar-refractivity contribution in [1.82, 2.24) is 15.8 Å². The van der Waals surface area contributed by atoms with Crippen LogP contribution in [-0.2, 0) is 4.79 Å². The molecular weight excluding hydrogens is 288 g/mol. The molecule has 116 valence electrons. The van der Waals surface area contributed by atoms with Gasteiger partial charge < -0.3 is 5.73 Å². The summed E-state index contributed by atoms with van der Waals surface area (Å²) >= 11 is 1.33. The van der Waals surface area contributed by atoms with E-state index in [4.69, 9.17) is 5.73 Å². The van der Waals surface area contributed by atoms with Gasteiger partial charge in [0.2, 0.25) is 0 Å². The van der Waals surface area contributed by atoms with Gasteiger partial charge in [-0.3, -0.25) is 25.3 Å². The molecule has 2 rings (SSSR count). The normalized spacial score (nSPS) is 22.8. The van der Waals surface area contributed by atoms with E-state index in [0.717, 1.165) is 19.4 Å². The lowest BCUT2D eigenvalue weighted by Gasteiger charge is -2.37. The van der Waals surface area contributed by atoms with Gasteiger partial charge >= 0.3 is 0 Å². The number of carbonyl (C=O) groups is 2.